The van der Waals surface area contributed by atoms with E-state index in [1.807, 2.05) is 0 Å². The maximum Gasteiger partial charge on any atom is 0.258 e. The molecule has 9 heteroatoms. The lowest BCUT2D eigenvalue weighted by Crippen LogP contribution is -2.33. The fraction of sp³-hybridized carbons (Fsp3) is 0.304. The van der Waals surface area contributed by atoms with E-state index in [1.165, 1.54) is 21.3 Å². The van der Waals surface area contributed by atoms with Gasteiger partial charge in [-0.2, -0.15) is 0 Å². The standard InChI is InChI=1S/C23H25ClN2O6/c1-13-10-17(29)20(22(31)25(13)6-8-27)19(15-4-3-5-16(24)12-15)21-18(30)11-14(2)26(7-9-28)23(21)32/h3-5,10-12,19,27-30H,6-9H2,1-2H3. The molecule has 3 rings (SSSR count). The Labute approximate surface area is 189 Å². The molecule has 0 amide bonds. The number of aromatic nitrogens is 2. The highest BCUT2D eigenvalue weighted by Gasteiger charge is 2.31. The van der Waals surface area contributed by atoms with Crippen molar-refractivity contribution in [3.05, 3.63) is 90.2 Å². The Bertz CT molecular complexity index is 1190. The first-order valence-electron chi connectivity index (χ1n) is 10.0. The van der Waals surface area contributed by atoms with Gasteiger partial charge in [-0.15, -0.1) is 0 Å². The van der Waals surface area contributed by atoms with Crippen molar-refractivity contribution in [1.29, 1.82) is 0 Å². The highest BCUT2D eigenvalue weighted by molar-refractivity contribution is 6.30. The van der Waals surface area contributed by atoms with Crippen LogP contribution >= 0.6 is 11.6 Å². The first kappa shape index (κ1) is 23.6. The average molecular weight is 461 g/mol. The summed E-state index contributed by atoms with van der Waals surface area (Å²) in [6.07, 6.45) is 0. The Morgan fingerprint density at radius 3 is 1.72 bits per heavy atom. The summed E-state index contributed by atoms with van der Waals surface area (Å²) in [5.41, 5.74) is -0.182. The van der Waals surface area contributed by atoms with Crippen LogP contribution in [-0.4, -0.2) is 42.8 Å². The topological polar surface area (TPSA) is 125 Å². The molecule has 1 aromatic carbocycles. The molecule has 0 atom stereocenters. The van der Waals surface area contributed by atoms with Crippen molar-refractivity contribution < 1.29 is 20.4 Å². The number of hydrogen-bond acceptors (Lipinski definition) is 6. The van der Waals surface area contributed by atoms with E-state index in [2.05, 4.69) is 0 Å². The Balaban J connectivity index is 2.45. The van der Waals surface area contributed by atoms with Crippen LogP contribution in [0.5, 0.6) is 11.5 Å². The number of halogens is 1. The van der Waals surface area contributed by atoms with Crippen LogP contribution in [0.4, 0.5) is 0 Å². The zero-order chi connectivity index (χ0) is 23.6. The van der Waals surface area contributed by atoms with E-state index in [1.54, 1.807) is 38.1 Å². The van der Waals surface area contributed by atoms with Crippen LogP contribution in [0.1, 0.15) is 34.0 Å². The smallest absolute Gasteiger partial charge is 0.258 e. The minimum Gasteiger partial charge on any atom is -0.507 e. The molecule has 32 heavy (non-hydrogen) atoms. The van der Waals surface area contributed by atoms with Crippen molar-refractivity contribution in [3.63, 3.8) is 0 Å². The molecule has 0 radical (unpaired) electrons. The molecule has 3 aromatic rings. The summed E-state index contributed by atoms with van der Waals surface area (Å²) in [5.74, 6) is -1.84. The van der Waals surface area contributed by atoms with Crippen molar-refractivity contribution in [2.24, 2.45) is 0 Å². The molecular weight excluding hydrogens is 436 g/mol. The van der Waals surface area contributed by atoms with Crippen LogP contribution in [0.15, 0.2) is 46.0 Å². The highest BCUT2D eigenvalue weighted by atomic mass is 35.5. The molecule has 170 valence electrons. The molecule has 0 aliphatic carbocycles. The molecule has 2 aromatic heterocycles. The summed E-state index contributed by atoms with van der Waals surface area (Å²) in [5, 5.41) is 40.7. The number of aryl methyl sites for hydroxylation is 2. The minimum atomic E-state index is -1.15. The summed E-state index contributed by atoms with van der Waals surface area (Å²) in [6.45, 7) is 2.63. The molecule has 0 fully saturated rings. The monoisotopic (exact) mass is 460 g/mol. The minimum absolute atomic E-state index is 0.00512. The summed E-state index contributed by atoms with van der Waals surface area (Å²) in [4.78, 5) is 26.8. The van der Waals surface area contributed by atoms with Gasteiger partial charge in [0.15, 0.2) is 0 Å². The van der Waals surface area contributed by atoms with Gasteiger partial charge < -0.3 is 29.6 Å². The van der Waals surface area contributed by atoms with Crippen LogP contribution in [0, 0.1) is 13.8 Å². The largest absolute Gasteiger partial charge is 0.507 e. The molecule has 2 heterocycles. The number of aliphatic hydroxyl groups excluding tert-OH is 2. The number of rotatable bonds is 7. The van der Waals surface area contributed by atoms with Crippen molar-refractivity contribution in [1.82, 2.24) is 9.13 Å². The maximum atomic E-state index is 13.4. The quantitative estimate of drug-likeness (QED) is 0.426. The normalized spacial score (nSPS) is 11.3. The third-order valence-corrected chi connectivity index (χ3v) is 5.69. The molecule has 0 aliphatic rings. The van der Waals surface area contributed by atoms with Gasteiger partial charge in [-0.3, -0.25) is 9.59 Å². The molecule has 8 nitrogen and oxygen atoms in total. The van der Waals surface area contributed by atoms with Crippen LogP contribution in [0.3, 0.4) is 0 Å². The van der Waals surface area contributed by atoms with Gasteiger partial charge in [0.1, 0.15) is 11.5 Å². The zero-order valence-electron chi connectivity index (χ0n) is 17.7. The third-order valence-electron chi connectivity index (χ3n) is 5.45. The molecule has 0 saturated carbocycles. The molecule has 0 unspecified atom stereocenters. The van der Waals surface area contributed by atoms with Gasteiger partial charge in [0.05, 0.1) is 30.3 Å². The van der Waals surface area contributed by atoms with E-state index in [0.29, 0.717) is 22.0 Å². The molecule has 0 aliphatic heterocycles. The third kappa shape index (κ3) is 4.29. The van der Waals surface area contributed by atoms with E-state index in [9.17, 15) is 30.0 Å². The van der Waals surface area contributed by atoms with E-state index in [-0.39, 0.29) is 48.9 Å². The molecule has 0 saturated heterocycles. The van der Waals surface area contributed by atoms with Crippen LogP contribution in [0.2, 0.25) is 5.02 Å². The summed E-state index contributed by atoms with van der Waals surface area (Å²) in [6, 6.07) is 9.21. The van der Waals surface area contributed by atoms with E-state index in [4.69, 9.17) is 11.6 Å². The van der Waals surface area contributed by atoms with E-state index in [0.717, 1.165) is 0 Å². The van der Waals surface area contributed by atoms with Crippen molar-refractivity contribution >= 4 is 11.6 Å². The number of aromatic hydroxyl groups is 2. The van der Waals surface area contributed by atoms with Crippen LogP contribution in [0.25, 0.3) is 0 Å². The summed E-state index contributed by atoms with van der Waals surface area (Å²) < 4.78 is 2.59. The lowest BCUT2D eigenvalue weighted by Gasteiger charge is -2.23. The van der Waals surface area contributed by atoms with Gasteiger partial charge in [0, 0.05) is 29.5 Å². The van der Waals surface area contributed by atoms with E-state index < -0.39 is 17.0 Å². The Kier molecular flexibility index (Phi) is 7.08. The van der Waals surface area contributed by atoms with E-state index >= 15 is 0 Å². The Morgan fingerprint density at radius 1 is 0.844 bits per heavy atom. The van der Waals surface area contributed by atoms with Crippen LogP contribution < -0.4 is 11.1 Å². The SMILES string of the molecule is Cc1cc(O)c(C(c2cccc(Cl)c2)c2c(O)cc(C)n(CCO)c2=O)c(=O)n1CCO. The summed E-state index contributed by atoms with van der Waals surface area (Å²) >= 11 is 6.18. The fourth-order valence-corrected chi connectivity index (χ4v) is 4.20. The first-order chi connectivity index (χ1) is 15.2. The first-order valence-corrected chi connectivity index (χ1v) is 10.4. The van der Waals surface area contributed by atoms with Gasteiger partial charge >= 0.3 is 0 Å². The predicted molar refractivity (Wildman–Crippen MR) is 121 cm³/mol. The van der Waals surface area contributed by atoms with Gasteiger partial charge in [-0.1, -0.05) is 23.7 Å². The van der Waals surface area contributed by atoms with Crippen molar-refractivity contribution in [2.75, 3.05) is 13.2 Å². The van der Waals surface area contributed by atoms with Crippen LogP contribution in [-0.2, 0) is 13.1 Å². The fourth-order valence-electron chi connectivity index (χ4n) is 4.00. The summed E-state index contributed by atoms with van der Waals surface area (Å²) in [7, 11) is 0. The maximum absolute atomic E-state index is 13.4. The van der Waals surface area contributed by atoms with Gasteiger partial charge in [-0.05, 0) is 43.7 Å². The average Bonchev–Trinajstić information content (AvgIpc) is 2.72. The Morgan fingerprint density at radius 2 is 1.31 bits per heavy atom. The van der Waals surface area contributed by atoms with Gasteiger partial charge in [0.25, 0.3) is 11.1 Å². The Hall–Kier alpha value is -3.07. The number of pyridine rings is 2. The predicted octanol–water partition coefficient (Wildman–Crippen LogP) is 1.86. The van der Waals surface area contributed by atoms with Crippen molar-refractivity contribution in [2.45, 2.75) is 32.9 Å². The number of aliphatic hydroxyl groups is 2. The molecular formula is C23H25ClN2O6. The second-order valence-electron chi connectivity index (χ2n) is 7.52. The zero-order valence-corrected chi connectivity index (χ0v) is 18.5. The molecule has 0 bridgehead atoms. The van der Waals surface area contributed by atoms with Gasteiger partial charge in [-0.25, -0.2) is 0 Å². The lowest BCUT2D eigenvalue weighted by atomic mass is 9.85. The number of benzene rings is 1. The lowest BCUT2D eigenvalue weighted by molar-refractivity contribution is 0.272. The molecule has 0 spiro atoms. The van der Waals surface area contributed by atoms with Gasteiger partial charge in [0.2, 0.25) is 0 Å². The number of hydrogen-bond donors (Lipinski definition) is 4. The second kappa shape index (κ2) is 9.60. The number of nitrogens with zero attached hydrogens (tertiary/aromatic N) is 2. The highest BCUT2D eigenvalue weighted by Crippen LogP contribution is 2.38. The second-order valence-corrected chi connectivity index (χ2v) is 7.95. The molecule has 4 N–H and O–H groups in total. The van der Waals surface area contributed by atoms with Crippen molar-refractivity contribution in [3.8, 4) is 11.5 Å².